The number of aromatic nitrogens is 2. The van der Waals surface area contributed by atoms with Crippen LogP contribution < -0.4 is 30.7 Å². The van der Waals surface area contributed by atoms with Crippen LogP contribution in [-0.2, 0) is 7.05 Å². The maximum atomic E-state index is 15.2. The third-order valence-corrected chi connectivity index (χ3v) is 6.61. The minimum atomic E-state index is -0.914. The molecule has 0 aliphatic heterocycles. The fraction of sp³-hybridized carbons (Fsp3) is 0.0968. The van der Waals surface area contributed by atoms with Crippen molar-refractivity contribution in [1.29, 1.82) is 0 Å². The van der Waals surface area contributed by atoms with Gasteiger partial charge in [-0.15, -0.1) is 0 Å². The number of nitrogens with two attached hydrogens (primary N) is 1. The van der Waals surface area contributed by atoms with E-state index in [4.69, 9.17) is 19.9 Å². The van der Waals surface area contributed by atoms with Gasteiger partial charge in [0.15, 0.2) is 23.1 Å². The number of hydrogen-bond donors (Lipinski definition) is 2. The second kappa shape index (κ2) is 11.6. The number of methoxy groups -OCH3 is 2. The van der Waals surface area contributed by atoms with E-state index in [9.17, 15) is 18.8 Å². The van der Waals surface area contributed by atoms with Gasteiger partial charge in [0.05, 0.1) is 25.3 Å². The first-order chi connectivity index (χ1) is 20.6. The molecule has 0 unspecified atom stereocenters. The Morgan fingerprint density at radius 3 is 2.26 bits per heavy atom. The number of ether oxygens (including phenoxy) is 3. The molecule has 5 aromatic rings. The number of halogens is 2. The highest BCUT2D eigenvalue weighted by Crippen LogP contribution is 2.37. The highest BCUT2D eigenvalue weighted by Gasteiger charge is 2.23. The molecule has 0 saturated heterocycles. The molecule has 3 N–H and O–H groups in total. The molecule has 10 nitrogen and oxygen atoms in total. The molecule has 2 heterocycles. The van der Waals surface area contributed by atoms with Crippen molar-refractivity contribution in [3.8, 4) is 34.1 Å². The normalized spacial score (nSPS) is 10.8. The third-order valence-electron chi connectivity index (χ3n) is 6.61. The van der Waals surface area contributed by atoms with Gasteiger partial charge < -0.3 is 29.8 Å². The fourth-order valence-electron chi connectivity index (χ4n) is 4.59. The second-order valence-corrected chi connectivity index (χ2v) is 9.31. The van der Waals surface area contributed by atoms with Gasteiger partial charge in [0.1, 0.15) is 22.8 Å². The van der Waals surface area contributed by atoms with Crippen molar-refractivity contribution in [3.63, 3.8) is 0 Å². The summed E-state index contributed by atoms with van der Waals surface area (Å²) < 4.78 is 46.4. The lowest BCUT2D eigenvalue weighted by Gasteiger charge is -2.15. The van der Waals surface area contributed by atoms with Crippen molar-refractivity contribution in [1.82, 2.24) is 9.55 Å². The topological polar surface area (TPSA) is 135 Å². The highest BCUT2D eigenvalue weighted by atomic mass is 19.1. The van der Waals surface area contributed by atoms with Crippen LogP contribution in [-0.4, -0.2) is 35.6 Å². The lowest BCUT2D eigenvalue weighted by molar-refractivity contribution is 0.0986. The predicted molar refractivity (Wildman–Crippen MR) is 155 cm³/mol. The zero-order chi connectivity index (χ0) is 30.8. The van der Waals surface area contributed by atoms with E-state index in [1.165, 1.54) is 56.3 Å². The van der Waals surface area contributed by atoms with Crippen molar-refractivity contribution in [3.05, 3.63) is 106 Å². The molecule has 2 aromatic heterocycles. The van der Waals surface area contributed by atoms with Gasteiger partial charge >= 0.3 is 0 Å². The Kier molecular flexibility index (Phi) is 7.76. The molecule has 0 aliphatic carbocycles. The summed E-state index contributed by atoms with van der Waals surface area (Å²) in [5, 5.41) is 3.03. The van der Waals surface area contributed by atoms with Crippen LogP contribution >= 0.6 is 0 Å². The number of amides is 2. The number of pyridine rings is 2. The van der Waals surface area contributed by atoms with Crippen LogP contribution in [0.15, 0.2) is 77.9 Å². The van der Waals surface area contributed by atoms with Crippen LogP contribution in [0.2, 0.25) is 0 Å². The van der Waals surface area contributed by atoms with Crippen LogP contribution in [0.4, 0.5) is 14.5 Å². The molecule has 0 bridgehead atoms. The molecule has 0 radical (unpaired) electrons. The fourth-order valence-corrected chi connectivity index (χ4v) is 4.59. The zero-order valence-electron chi connectivity index (χ0n) is 23.1. The minimum Gasteiger partial charge on any atom is -0.493 e. The zero-order valence-corrected chi connectivity index (χ0v) is 23.1. The third kappa shape index (κ3) is 5.58. The number of benzene rings is 3. The number of nitrogens with zero attached hydrogens (tertiary/aromatic N) is 2. The number of fused-ring (bicyclic) bond motifs is 1. The Morgan fingerprint density at radius 1 is 0.907 bits per heavy atom. The largest absolute Gasteiger partial charge is 0.493 e. The van der Waals surface area contributed by atoms with Crippen LogP contribution in [0.5, 0.6) is 23.0 Å². The van der Waals surface area contributed by atoms with E-state index in [1.807, 2.05) is 0 Å². The number of carbonyl (C=O) groups excluding carboxylic acids is 2. The molecule has 0 spiro atoms. The van der Waals surface area contributed by atoms with Crippen molar-refractivity contribution < 1.29 is 32.6 Å². The number of rotatable bonds is 8. The second-order valence-electron chi connectivity index (χ2n) is 9.31. The molecule has 0 aliphatic rings. The monoisotopic (exact) mass is 586 g/mol. The maximum Gasteiger partial charge on any atom is 0.266 e. The molecule has 0 fully saturated rings. The summed E-state index contributed by atoms with van der Waals surface area (Å²) in [6, 6.07) is 13.5. The minimum absolute atomic E-state index is 0.0326. The number of hydrogen-bond acceptors (Lipinski definition) is 7. The summed E-state index contributed by atoms with van der Waals surface area (Å²) in [6.07, 6.45) is 2.65. The Hall–Kier alpha value is -5.78. The van der Waals surface area contributed by atoms with Crippen LogP contribution in [0.3, 0.4) is 0 Å². The summed E-state index contributed by atoms with van der Waals surface area (Å²) in [7, 11) is 4.42. The predicted octanol–water partition coefficient (Wildman–Crippen LogP) is 5.04. The molecule has 5 rings (SSSR count). The summed E-state index contributed by atoms with van der Waals surface area (Å²) in [5.74, 6) is -2.07. The molecular weight excluding hydrogens is 562 g/mol. The summed E-state index contributed by atoms with van der Waals surface area (Å²) in [5.41, 5.74) is 4.76. The van der Waals surface area contributed by atoms with Gasteiger partial charge in [-0.3, -0.25) is 19.4 Å². The van der Waals surface area contributed by atoms with Crippen molar-refractivity contribution in [2.75, 3.05) is 19.5 Å². The van der Waals surface area contributed by atoms with Gasteiger partial charge in [0, 0.05) is 42.6 Å². The summed E-state index contributed by atoms with van der Waals surface area (Å²) in [4.78, 5) is 43.0. The van der Waals surface area contributed by atoms with E-state index in [0.717, 1.165) is 24.4 Å². The average molecular weight is 587 g/mol. The quantitative estimate of drug-likeness (QED) is 0.260. The lowest BCUT2D eigenvalue weighted by Crippen LogP contribution is -2.29. The first-order valence-electron chi connectivity index (χ1n) is 12.7. The maximum absolute atomic E-state index is 15.2. The van der Waals surface area contributed by atoms with Crippen LogP contribution in [0.25, 0.3) is 22.0 Å². The van der Waals surface area contributed by atoms with E-state index in [0.29, 0.717) is 28.2 Å². The molecule has 0 atom stereocenters. The SMILES string of the molecule is COc1cc2nccc(Oc3ccc(NC(=O)c4cn(C)c(C(N)=O)c(-c5ccc(F)cc5)c4=O)cc3F)c2cc1OC. The van der Waals surface area contributed by atoms with Gasteiger partial charge in [0.2, 0.25) is 5.43 Å². The van der Waals surface area contributed by atoms with Gasteiger partial charge in [0.25, 0.3) is 11.8 Å². The summed E-state index contributed by atoms with van der Waals surface area (Å²) >= 11 is 0. The van der Waals surface area contributed by atoms with Crippen molar-refractivity contribution >= 4 is 28.4 Å². The smallest absolute Gasteiger partial charge is 0.266 e. The Bertz CT molecular complexity index is 1960. The Balaban J connectivity index is 1.45. The lowest BCUT2D eigenvalue weighted by atomic mass is 10.00. The van der Waals surface area contributed by atoms with Gasteiger partial charge in [-0.1, -0.05) is 12.1 Å². The highest BCUT2D eigenvalue weighted by molar-refractivity contribution is 6.06. The number of carbonyl (C=O) groups is 2. The van der Waals surface area contributed by atoms with Crippen LogP contribution in [0, 0.1) is 11.6 Å². The number of aryl methyl sites for hydroxylation is 1. The number of primary amides is 1. The standard InChI is InChI=1S/C31H24F2N4O6/c1-37-15-20(29(38)27(28(37)30(34)39)16-4-6-17(32)7-5-16)31(40)36-18-8-9-24(21(33)12-18)43-23-10-11-35-22-14-26(42-3)25(41-2)13-19(22)23/h4-15H,1-3H3,(H2,34,39)(H,36,40). The first-order valence-corrected chi connectivity index (χ1v) is 12.7. The molecule has 3 aromatic carbocycles. The van der Waals surface area contributed by atoms with E-state index in [2.05, 4.69) is 10.3 Å². The number of nitrogens with one attached hydrogen (secondary N) is 1. The molecule has 0 saturated carbocycles. The molecular formula is C31H24F2N4O6. The van der Waals surface area contributed by atoms with Crippen molar-refractivity contribution in [2.45, 2.75) is 0 Å². The Morgan fingerprint density at radius 2 is 1.60 bits per heavy atom. The van der Waals surface area contributed by atoms with E-state index < -0.39 is 28.9 Å². The van der Waals surface area contributed by atoms with Crippen LogP contribution in [0.1, 0.15) is 20.8 Å². The molecule has 43 heavy (non-hydrogen) atoms. The van der Waals surface area contributed by atoms with Gasteiger partial charge in [-0.2, -0.15) is 0 Å². The first kappa shape index (κ1) is 28.7. The summed E-state index contributed by atoms with van der Waals surface area (Å²) in [6.45, 7) is 0. The number of anilines is 1. The molecule has 218 valence electrons. The molecule has 12 heteroatoms. The Labute approximate surface area is 243 Å². The van der Waals surface area contributed by atoms with E-state index in [-0.39, 0.29) is 33.8 Å². The van der Waals surface area contributed by atoms with E-state index >= 15 is 4.39 Å². The average Bonchev–Trinajstić information content (AvgIpc) is 2.99. The van der Waals surface area contributed by atoms with E-state index in [1.54, 1.807) is 18.2 Å². The van der Waals surface area contributed by atoms with Crippen molar-refractivity contribution in [2.24, 2.45) is 12.8 Å². The van der Waals surface area contributed by atoms with Gasteiger partial charge in [-0.05, 0) is 42.0 Å². The van der Waals surface area contributed by atoms with Gasteiger partial charge in [-0.25, -0.2) is 8.78 Å². The molecule has 2 amide bonds.